The summed E-state index contributed by atoms with van der Waals surface area (Å²) in [4.78, 5) is 14.0. The Bertz CT molecular complexity index is 498. The Morgan fingerprint density at radius 3 is 2.60 bits per heavy atom. The molecule has 5 nitrogen and oxygen atoms in total. The molecule has 1 fully saturated rings. The molecular formula is C14H18ClNO4. The Labute approximate surface area is 122 Å². The van der Waals surface area contributed by atoms with Crippen LogP contribution in [0.4, 0.5) is 0 Å². The van der Waals surface area contributed by atoms with E-state index in [1.54, 1.807) is 4.90 Å². The molecule has 0 bridgehead atoms. The van der Waals surface area contributed by atoms with E-state index in [9.17, 15) is 15.0 Å². The van der Waals surface area contributed by atoms with Gasteiger partial charge in [-0.1, -0.05) is 6.07 Å². The molecular weight excluding hydrogens is 282 g/mol. The molecule has 1 saturated heterocycles. The number of phenols is 2. The Morgan fingerprint density at radius 1 is 1.45 bits per heavy atom. The number of hydrogen-bond donors (Lipinski definition) is 2. The number of benzene rings is 1. The minimum absolute atomic E-state index is 0.0847. The van der Waals surface area contributed by atoms with Crippen LogP contribution in [0.15, 0.2) is 18.2 Å². The molecule has 1 unspecified atom stereocenters. The lowest BCUT2D eigenvalue weighted by Gasteiger charge is -2.42. The first-order chi connectivity index (χ1) is 9.34. The van der Waals surface area contributed by atoms with E-state index in [1.165, 1.54) is 18.2 Å². The molecule has 1 aromatic carbocycles. The molecule has 1 atom stereocenters. The standard InChI is InChI=1S/C14H18ClNO4/c1-14(2)8-16(7-9(6-15)20-14)13(19)12-10(17)4-3-5-11(12)18/h3-5,9,17-18H,6-8H2,1-2H3. The molecule has 1 heterocycles. The minimum atomic E-state index is -0.520. The number of aromatic hydroxyl groups is 2. The van der Waals surface area contributed by atoms with Crippen LogP contribution in [0.3, 0.4) is 0 Å². The fraction of sp³-hybridized carbons (Fsp3) is 0.500. The van der Waals surface area contributed by atoms with E-state index in [-0.39, 0.29) is 29.0 Å². The Kier molecular flexibility index (Phi) is 4.11. The molecule has 6 heteroatoms. The van der Waals surface area contributed by atoms with Gasteiger partial charge in [-0.2, -0.15) is 0 Å². The van der Waals surface area contributed by atoms with Crippen molar-refractivity contribution in [2.24, 2.45) is 0 Å². The molecule has 110 valence electrons. The summed E-state index contributed by atoms with van der Waals surface area (Å²) in [6, 6.07) is 4.22. The van der Waals surface area contributed by atoms with Crippen LogP contribution in [-0.4, -0.2) is 51.7 Å². The molecule has 1 amide bonds. The van der Waals surface area contributed by atoms with Gasteiger partial charge in [0.1, 0.15) is 17.1 Å². The first kappa shape index (κ1) is 14.9. The molecule has 1 aromatic rings. The topological polar surface area (TPSA) is 70.0 Å². The van der Waals surface area contributed by atoms with Crippen LogP contribution in [0.25, 0.3) is 0 Å². The second-order valence-electron chi connectivity index (χ2n) is 5.51. The highest BCUT2D eigenvalue weighted by atomic mass is 35.5. The highest BCUT2D eigenvalue weighted by Gasteiger charge is 2.36. The van der Waals surface area contributed by atoms with Gasteiger partial charge >= 0.3 is 0 Å². The van der Waals surface area contributed by atoms with Gasteiger partial charge in [-0.25, -0.2) is 0 Å². The number of alkyl halides is 1. The highest BCUT2D eigenvalue weighted by Crippen LogP contribution is 2.30. The van der Waals surface area contributed by atoms with E-state index in [0.29, 0.717) is 13.1 Å². The molecule has 1 aliphatic heterocycles. The third kappa shape index (κ3) is 2.99. The van der Waals surface area contributed by atoms with Gasteiger partial charge in [-0.3, -0.25) is 4.79 Å². The maximum Gasteiger partial charge on any atom is 0.261 e. The van der Waals surface area contributed by atoms with E-state index < -0.39 is 11.5 Å². The zero-order chi connectivity index (χ0) is 14.9. The van der Waals surface area contributed by atoms with Crippen LogP contribution < -0.4 is 0 Å². The largest absolute Gasteiger partial charge is 0.507 e. The zero-order valence-electron chi connectivity index (χ0n) is 11.5. The summed E-state index contributed by atoms with van der Waals surface area (Å²) in [7, 11) is 0. The summed E-state index contributed by atoms with van der Waals surface area (Å²) in [5.41, 5.74) is -0.605. The molecule has 2 rings (SSSR count). The van der Waals surface area contributed by atoms with Crippen LogP contribution in [0.1, 0.15) is 24.2 Å². The molecule has 0 spiro atoms. The van der Waals surface area contributed by atoms with Crippen molar-refractivity contribution in [3.63, 3.8) is 0 Å². The number of carbonyl (C=O) groups is 1. The van der Waals surface area contributed by atoms with Gasteiger partial charge in [0.25, 0.3) is 5.91 Å². The molecule has 0 radical (unpaired) electrons. The number of morpholine rings is 1. The lowest BCUT2D eigenvalue weighted by atomic mass is 10.0. The van der Waals surface area contributed by atoms with Crippen LogP contribution in [0.2, 0.25) is 0 Å². The summed E-state index contributed by atoms with van der Waals surface area (Å²) < 4.78 is 5.75. The predicted octanol–water partition coefficient (Wildman–Crippen LogP) is 1.96. The third-order valence-corrected chi connectivity index (χ3v) is 3.52. The second-order valence-corrected chi connectivity index (χ2v) is 5.82. The van der Waals surface area contributed by atoms with Crippen molar-refractivity contribution in [1.29, 1.82) is 0 Å². The average molecular weight is 300 g/mol. The fourth-order valence-corrected chi connectivity index (χ4v) is 2.60. The molecule has 2 N–H and O–H groups in total. The summed E-state index contributed by atoms with van der Waals surface area (Å²) in [6.45, 7) is 4.44. The number of carbonyl (C=O) groups excluding carboxylic acids is 1. The van der Waals surface area contributed by atoms with Crippen molar-refractivity contribution in [3.8, 4) is 11.5 Å². The number of nitrogens with zero attached hydrogens (tertiary/aromatic N) is 1. The zero-order valence-corrected chi connectivity index (χ0v) is 12.2. The lowest BCUT2D eigenvalue weighted by Crippen LogP contribution is -2.55. The van der Waals surface area contributed by atoms with E-state index in [4.69, 9.17) is 16.3 Å². The number of hydrogen-bond acceptors (Lipinski definition) is 4. The first-order valence-corrected chi connectivity index (χ1v) is 6.91. The third-order valence-electron chi connectivity index (χ3n) is 3.18. The normalized spacial score (nSPS) is 21.8. The number of phenolic OH excluding ortho intramolecular Hbond substituents is 2. The van der Waals surface area contributed by atoms with E-state index in [1.807, 2.05) is 13.8 Å². The van der Waals surface area contributed by atoms with Gasteiger partial charge in [-0.05, 0) is 26.0 Å². The van der Waals surface area contributed by atoms with Crippen LogP contribution >= 0.6 is 11.6 Å². The van der Waals surface area contributed by atoms with Crippen LogP contribution in [0, 0.1) is 0 Å². The highest BCUT2D eigenvalue weighted by molar-refractivity contribution is 6.18. The van der Waals surface area contributed by atoms with Crippen LogP contribution in [-0.2, 0) is 4.74 Å². The maximum atomic E-state index is 12.5. The van der Waals surface area contributed by atoms with E-state index >= 15 is 0 Å². The van der Waals surface area contributed by atoms with Gasteiger partial charge in [0.05, 0.1) is 17.6 Å². The smallest absolute Gasteiger partial charge is 0.261 e. The molecule has 20 heavy (non-hydrogen) atoms. The van der Waals surface area contributed by atoms with Gasteiger partial charge in [0.15, 0.2) is 0 Å². The number of rotatable bonds is 2. The van der Waals surface area contributed by atoms with E-state index in [2.05, 4.69) is 0 Å². The van der Waals surface area contributed by atoms with Gasteiger partial charge in [0.2, 0.25) is 0 Å². The number of ether oxygens (including phenoxy) is 1. The van der Waals surface area contributed by atoms with Gasteiger partial charge in [-0.15, -0.1) is 11.6 Å². The first-order valence-electron chi connectivity index (χ1n) is 6.38. The maximum absolute atomic E-state index is 12.5. The Balaban J connectivity index is 2.28. The Morgan fingerprint density at radius 2 is 2.05 bits per heavy atom. The van der Waals surface area contributed by atoms with Crippen molar-refractivity contribution in [2.45, 2.75) is 25.6 Å². The minimum Gasteiger partial charge on any atom is -0.507 e. The molecule has 0 aliphatic carbocycles. The monoisotopic (exact) mass is 299 g/mol. The SMILES string of the molecule is CC1(C)CN(C(=O)c2c(O)cccc2O)CC(CCl)O1. The van der Waals surface area contributed by atoms with Gasteiger partial charge in [0, 0.05) is 13.1 Å². The van der Waals surface area contributed by atoms with E-state index in [0.717, 1.165) is 0 Å². The average Bonchev–Trinajstić information content (AvgIpc) is 2.36. The molecule has 0 saturated carbocycles. The number of halogens is 1. The quantitative estimate of drug-likeness (QED) is 0.819. The lowest BCUT2D eigenvalue weighted by molar-refractivity contribution is -0.117. The summed E-state index contributed by atoms with van der Waals surface area (Å²) in [5, 5.41) is 19.6. The van der Waals surface area contributed by atoms with Crippen molar-refractivity contribution in [2.75, 3.05) is 19.0 Å². The summed E-state index contributed by atoms with van der Waals surface area (Å²) >= 11 is 5.82. The summed E-state index contributed by atoms with van der Waals surface area (Å²) in [5.74, 6) is -0.615. The van der Waals surface area contributed by atoms with Crippen molar-refractivity contribution < 1.29 is 19.7 Å². The molecule has 0 aromatic heterocycles. The van der Waals surface area contributed by atoms with Crippen molar-refractivity contribution >= 4 is 17.5 Å². The van der Waals surface area contributed by atoms with Crippen LogP contribution in [0.5, 0.6) is 11.5 Å². The molecule has 1 aliphatic rings. The number of amides is 1. The predicted molar refractivity (Wildman–Crippen MR) is 75.3 cm³/mol. The second kappa shape index (κ2) is 5.50. The van der Waals surface area contributed by atoms with Gasteiger partial charge < -0.3 is 19.8 Å². The van der Waals surface area contributed by atoms with Crippen molar-refractivity contribution in [1.82, 2.24) is 4.90 Å². The Hall–Kier alpha value is -1.46. The fourth-order valence-electron chi connectivity index (χ4n) is 2.44. The summed E-state index contributed by atoms with van der Waals surface area (Å²) in [6.07, 6.45) is -0.266. The van der Waals surface area contributed by atoms with Crippen molar-refractivity contribution in [3.05, 3.63) is 23.8 Å².